The predicted molar refractivity (Wildman–Crippen MR) is 62.0 cm³/mol. The Morgan fingerprint density at radius 1 is 1.44 bits per heavy atom. The Morgan fingerprint density at radius 2 is 2.31 bits per heavy atom. The van der Waals surface area contributed by atoms with E-state index in [0.717, 1.165) is 6.42 Å². The summed E-state index contributed by atoms with van der Waals surface area (Å²) in [4.78, 5) is 25.3. The van der Waals surface area contributed by atoms with Crippen molar-refractivity contribution in [3.63, 3.8) is 0 Å². The Balaban J connectivity index is 1.95. The van der Waals surface area contributed by atoms with Crippen molar-refractivity contribution in [2.45, 2.75) is 6.42 Å². The zero-order valence-corrected chi connectivity index (χ0v) is 9.13. The molecule has 0 atom stereocenters. The highest BCUT2D eigenvalue weighted by Crippen LogP contribution is 2.08. The van der Waals surface area contributed by atoms with Gasteiger partial charge in [-0.05, 0) is 17.9 Å². The van der Waals surface area contributed by atoms with E-state index >= 15 is 0 Å². The molecule has 2 aromatic heterocycles. The summed E-state index contributed by atoms with van der Waals surface area (Å²) in [6, 6.07) is 4.00. The van der Waals surface area contributed by atoms with E-state index in [0.29, 0.717) is 6.54 Å². The summed E-state index contributed by atoms with van der Waals surface area (Å²) in [5, 5.41) is 10.6. The summed E-state index contributed by atoms with van der Waals surface area (Å²) in [5.74, 6) is 0.135. The van der Waals surface area contributed by atoms with E-state index in [1.54, 1.807) is 11.3 Å². The highest BCUT2D eigenvalue weighted by Gasteiger charge is 2.01. The molecule has 3 N–H and O–H groups in total. The average molecular weight is 238 g/mol. The molecule has 2 rings (SSSR count). The van der Waals surface area contributed by atoms with E-state index < -0.39 is 11.2 Å². The number of anilines is 1. The van der Waals surface area contributed by atoms with Gasteiger partial charge in [-0.1, -0.05) is 6.07 Å². The lowest BCUT2D eigenvalue weighted by molar-refractivity contribution is 0.878. The third-order valence-corrected chi connectivity index (χ3v) is 2.89. The topological polar surface area (TPSA) is 90.6 Å². The van der Waals surface area contributed by atoms with Gasteiger partial charge in [0.1, 0.15) is 0 Å². The van der Waals surface area contributed by atoms with Crippen LogP contribution < -0.4 is 16.6 Å². The minimum atomic E-state index is -0.603. The second-order valence-electron chi connectivity index (χ2n) is 3.11. The minimum Gasteiger partial charge on any atom is -0.364 e. The Morgan fingerprint density at radius 3 is 3.00 bits per heavy atom. The standard InChI is InChI=1S/C9H10N4O2S/c14-8-7(12-13-9(15)11-8)10-4-3-6-2-1-5-16-6/h1-2,5H,3-4H2,(H,10,12)(H2,11,13,14,15). The fraction of sp³-hybridized carbons (Fsp3) is 0.222. The first-order chi connectivity index (χ1) is 7.75. The molecule has 0 aromatic carbocycles. The van der Waals surface area contributed by atoms with E-state index in [4.69, 9.17) is 0 Å². The molecule has 0 saturated carbocycles. The predicted octanol–water partition coefficient (Wildman–Crippen LogP) is 0.174. The van der Waals surface area contributed by atoms with Gasteiger partial charge in [-0.25, -0.2) is 9.89 Å². The van der Waals surface area contributed by atoms with E-state index in [1.807, 2.05) is 17.5 Å². The number of aromatic nitrogens is 3. The molecule has 0 saturated heterocycles. The number of aromatic amines is 2. The molecule has 7 heteroatoms. The number of thiophene rings is 1. The third kappa shape index (κ3) is 2.57. The monoisotopic (exact) mass is 238 g/mol. The summed E-state index contributed by atoms with van der Waals surface area (Å²) in [6.07, 6.45) is 0.817. The van der Waals surface area contributed by atoms with Gasteiger partial charge in [0, 0.05) is 11.4 Å². The van der Waals surface area contributed by atoms with Gasteiger partial charge in [0.25, 0.3) is 5.56 Å². The van der Waals surface area contributed by atoms with Crippen molar-refractivity contribution < 1.29 is 0 Å². The first-order valence-corrected chi connectivity index (χ1v) is 5.59. The molecule has 0 spiro atoms. The Bertz CT molecular complexity index is 557. The largest absolute Gasteiger partial charge is 0.364 e. The minimum absolute atomic E-state index is 0.135. The van der Waals surface area contributed by atoms with Gasteiger partial charge in [-0.2, -0.15) is 0 Å². The van der Waals surface area contributed by atoms with Crippen molar-refractivity contribution in [1.82, 2.24) is 15.2 Å². The van der Waals surface area contributed by atoms with Crippen molar-refractivity contribution >= 4 is 17.2 Å². The van der Waals surface area contributed by atoms with Crippen LogP contribution in [0, 0.1) is 0 Å². The first kappa shape index (κ1) is 10.6. The Labute approximate surface area is 94.4 Å². The molecule has 6 nitrogen and oxygen atoms in total. The lowest BCUT2D eigenvalue weighted by Crippen LogP contribution is -2.27. The normalized spacial score (nSPS) is 10.2. The van der Waals surface area contributed by atoms with Gasteiger partial charge in [0.15, 0.2) is 0 Å². The maximum absolute atomic E-state index is 11.2. The molecular weight excluding hydrogens is 228 g/mol. The highest BCUT2D eigenvalue weighted by atomic mass is 32.1. The Hall–Kier alpha value is -1.89. The third-order valence-electron chi connectivity index (χ3n) is 1.96. The van der Waals surface area contributed by atoms with E-state index in [-0.39, 0.29) is 5.82 Å². The molecule has 0 aliphatic carbocycles. The molecular formula is C9H10N4O2S. The summed E-state index contributed by atoms with van der Waals surface area (Å²) in [6.45, 7) is 0.600. The van der Waals surface area contributed by atoms with Crippen LogP contribution in [0.25, 0.3) is 0 Å². The van der Waals surface area contributed by atoms with Gasteiger partial charge < -0.3 is 5.32 Å². The maximum atomic E-state index is 11.2. The molecule has 0 aliphatic rings. The maximum Gasteiger partial charge on any atom is 0.342 e. The second-order valence-corrected chi connectivity index (χ2v) is 4.14. The molecule has 0 bridgehead atoms. The molecule has 0 radical (unpaired) electrons. The molecule has 0 unspecified atom stereocenters. The number of hydrogen-bond donors (Lipinski definition) is 3. The van der Waals surface area contributed by atoms with Crippen LogP contribution in [0.4, 0.5) is 5.82 Å². The van der Waals surface area contributed by atoms with Gasteiger partial charge in [-0.15, -0.1) is 16.4 Å². The summed E-state index contributed by atoms with van der Waals surface area (Å²) >= 11 is 1.66. The first-order valence-electron chi connectivity index (χ1n) is 4.71. The van der Waals surface area contributed by atoms with Crippen LogP contribution in [-0.4, -0.2) is 21.7 Å². The number of nitrogens with zero attached hydrogens (tertiary/aromatic N) is 1. The van der Waals surface area contributed by atoms with Gasteiger partial charge in [-0.3, -0.25) is 9.78 Å². The number of hydrogen-bond acceptors (Lipinski definition) is 5. The van der Waals surface area contributed by atoms with E-state index in [2.05, 4.69) is 20.5 Å². The second kappa shape index (κ2) is 4.75. The fourth-order valence-corrected chi connectivity index (χ4v) is 1.94. The van der Waals surface area contributed by atoms with Crippen LogP contribution in [0.1, 0.15) is 4.88 Å². The van der Waals surface area contributed by atoms with Crippen molar-refractivity contribution in [2.75, 3.05) is 11.9 Å². The van der Waals surface area contributed by atoms with Crippen LogP contribution in [0.3, 0.4) is 0 Å². The number of H-pyrrole nitrogens is 2. The number of rotatable bonds is 4. The van der Waals surface area contributed by atoms with E-state index in [9.17, 15) is 9.59 Å². The van der Waals surface area contributed by atoms with E-state index in [1.165, 1.54) is 4.88 Å². The molecule has 84 valence electrons. The van der Waals surface area contributed by atoms with Crippen molar-refractivity contribution in [3.8, 4) is 0 Å². The molecule has 0 amide bonds. The van der Waals surface area contributed by atoms with Crippen LogP contribution in [0.15, 0.2) is 27.1 Å². The summed E-state index contributed by atoms with van der Waals surface area (Å²) < 4.78 is 0. The number of nitrogens with one attached hydrogen (secondary N) is 3. The zero-order chi connectivity index (χ0) is 11.4. The molecule has 2 heterocycles. The van der Waals surface area contributed by atoms with Crippen molar-refractivity contribution in [1.29, 1.82) is 0 Å². The molecule has 0 aliphatic heterocycles. The van der Waals surface area contributed by atoms with Crippen LogP contribution in [0.5, 0.6) is 0 Å². The molecule has 16 heavy (non-hydrogen) atoms. The zero-order valence-electron chi connectivity index (χ0n) is 8.32. The van der Waals surface area contributed by atoms with Crippen LogP contribution >= 0.6 is 11.3 Å². The van der Waals surface area contributed by atoms with Gasteiger partial charge in [0.2, 0.25) is 5.82 Å². The quantitative estimate of drug-likeness (QED) is 0.708. The summed E-state index contributed by atoms with van der Waals surface area (Å²) in [5.41, 5.74) is -1.11. The van der Waals surface area contributed by atoms with Crippen LogP contribution in [-0.2, 0) is 6.42 Å². The molecule has 0 fully saturated rings. The van der Waals surface area contributed by atoms with Crippen LogP contribution in [0.2, 0.25) is 0 Å². The fourth-order valence-electron chi connectivity index (χ4n) is 1.23. The van der Waals surface area contributed by atoms with Crippen molar-refractivity contribution in [3.05, 3.63) is 43.2 Å². The van der Waals surface area contributed by atoms with Gasteiger partial charge in [0.05, 0.1) is 0 Å². The lowest BCUT2D eigenvalue weighted by Gasteiger charge is -2.01. The van der Waals surface area contributed by atoms with Crippen molar-refractivity contribution in [2.24, 2.45) is 0 Å². The highest BCUT2D eigenvalue weighted by molar-refractivity contribution is 7.09. The smallest absolute Gasteiger partial charge is 0.342 e. The SMILES string of the molecule is O=c1[nH]nc(NCCc2cccs2)c(=O)[nH]1. The molecule has 2 aromatic rings. The van der Waals surface area contributed by atoms with Gasteiger partial charge >= 0.3 is 5.69 Å². The summed E-state index contributed by atoms with van der Waals surface area (Å²) in [7, 11) is 0. The average Bonchev–Trinajstić information content (AvgIpc) is 2.74. The lowest BCUT2D eigenvalue weighted by atomic mass is 10.3. The Kier molecular flexibility index (Phi) is 3.16.